The van der Waals surface area contributed by atoms with Gasteiger partial charge in [-0.05, 0) is 60.2 Å². The molecule has 0 radical (unpaired) electrons. The summed E-state index contributed by atoms with van der Waals surface area (Å²) in [4.78, 5) is 24.7. The molecule has 1 heterocycles. The highest BCUT2D eigenvalue weighted by atomic mass is 32.1. The van der Waals surface area contributed by atoms with E-state index in [1.54, 1.807) is 14.2 Å². The molecule has 0 atom stereocenters. The number of nitro benzene ring substituents is 1. The van der Waals surface area contributed by atoms with Crippen LogP contribution < -0.4 is 9.47 Å². The van der Waals surface area contributed by atoms with Crippen LogP contribution in [-0.4, -0.2) is 24.9 Å². The molecule has 4 rings (SSSR count). The van der Waals surface area contributed by atoms with Crippen LogP contribution in [0.15, 0.2) is 66.7 Å². The van der Waals surface area contributed by atoms with E-state index in [9.17, 15) is 14.9 Å². The number of carbonyl (C=O) groups excluding carboxylic acids is 1. The number of non-ortho nitro benzene ring substituents is 1. The van der Waals surface area contributed by atoms with Crippen LogP contribution in [0.3, 0.4) is 0 Å². The van der Waals surface area contributed by atoms with Gasteiger partial charge in [-0.2, -0.15) is 0 Å². The van der Waals surface area contributed by atoms with Crippen LogP contribution >= 0.6 is 11.3 Å². The molecule has 0 aliphatic rings. The number of nitrogens with zero attached hydrogens (tertiary/aromatic N) is 1. The van der Waals surface area contributed by atoms with Crippen molar-refractivity contribution in [2.75, 3.05) is 14.2 Å². The molecule has 0 unspecified atom stereocenters. The average molecular weight is 419 g/mol. The van der Waals surface area contributed by atoms with Crippen molar-refractivity contribution in [3.8, 4) is 21.9 Å². The zero-order valence-electron chi connectivity index (χ0n) is 16.2. The van der Waals surface area contributed by atoms with Gasteiger partial charge in [0.05, 0.1) is 19.1 Å². The van der Waals surface area contributed by atoms with Gasteiger partial charge in [0.1, 0.15) is 11.5 Å². The first kappa shape index (κ1) is 19.6. The molecule has 0 saturated carbocycles. The Balaban J connectivity index is 1.89. The number of benzene rings is 3. The number of ketones is 1. The maximum atomic E-state index is 13.5. The van der Waals surface area contributed by atoms with Gasteiger partial charge in [-0.1, -0.05) is 0 Å². The molecule has 6 nitrogen and oxygen atoms in total. The van der Waals surface area contributed by atoms with Crippen molar-refractivity contribution in [2.45, 2.75) is 0 Å². The van der Waals surface area contributed by atoms with Gasteiger partial charge in [-0.15, -0.1) is 11.3 Å². The van der Waals surface area contributed by atoms with Gasteiger partial charge in [0.15, 0.2) is 5.78 Å². The summed E-state index contributed by atoms with van der Waals surface area (Å²) in [5.74, 6) is 1.25. The van der Waals surface area contributed by atoms with Crippen molar-refractivity contribution in [3.63, 3.8) is 0 Å². The van der Waals surface area contributed by atoms with E-state index in [2.05, 4.69) is 0 Å². The van der Waals surface area contributed by atoms with Crippen LogP contribution in [0.2, 0.25) is 0 Å². The molecule has 0 spiro atoms. The molecule has 3 aromatic carbocycles. The largest absolute Gasteiger partial charge is 0.497 e. The van der Waals surface area contributed by atoms with Gasteiger partial charge in [-0.3, -0.25) is 14.9 Å². The number of thiophene rings is 1. The van der Waals surface area contributed by atoms with Gasteiger partial charge >= 0.3 is 0 Å². The van der Waals surface area contributed by atoms with Gasteiger partial charge < -0.3 is 9.47 Å². The fraction of sp³-hybridized carbons (Fsp3) is 0.0870. The second-order valence-electron chi connectivity index (χ2n) is 6.53. The SMILES string of the molecule is COc1ccc(-c2sc3cc(OC)ccc3c2C(=O)c2ccc([N+](=O)[O-])cc2)cc1. The number of methoxy groups -OCH3 is 2. The number of hydrogen-bond donors (Lipinski definition) is 0. The molecule has 0 bridgehead atoms. The van der Waals surface area contributed by atoms with E-state index >= 15 is 0 Å². The Labute approximate surface area is 176 Å². The lowest BCUT2D eigenvalue weighted by molar-refractivity contribution is -0.384. The predicted octanol–water partition coefficient (Wildman–Crippen LogP) is 5.72. The summed E-state index contributed by atoms with van der Waals surface area (Å²) in [6, 6.07) is 18.8. The summed E-state index contributed by atoms with van der Waals surface area (Å²) in [5.41, 5.74) is 1.80. The van der Waals surface area contributed by atoms with Crippen LogP contribution in [0, 0.1) is 10.1 Å². The van der Waals surface area contributed by atoms with E-state index < -0.39 is 4.92 Å². The van der Waals surface area contributed by atoms with Gasteiger partial charge in [0.2, 0.25) is 0 Å². The summed E-state index contributed by atoms with van der Waals surface area (Å²) >= 11 is 1.50. The van der Waals surface area contributed by atoms with Crippen molar-refractivity contribution in [3.05, 3.63) is 88.0 Å². The quantitative estimate of drug-likeness (QED) is 0.227. The van der Waals surface area contributed by atoms with Gasteiger partial charge in [0.25, 0.3) is 5.69 Å². The third-order valence-corrected chi connectivity index (χ3v) is 6.02. The Morgan fingerprint density at radius 3 is 2.13 bits per heavy atom. The molecular weight excluding hydrogens is 402 g/mol. The maximum Gasteiger partial charge on any atom is 0.269 e. The number of carbonyl (C=O) groups is 1. The zero-order chi connectivity index (χ0) is 21.3. The highest BCUT2D eigenvalue weighted by Gasteiger charge is 2.22. The summed E-state index contributed by atoms with van der Waals surface area (Å²) in [6.45, 7) is 0. The summed E-state index contributed by atoms with van der Waals surface area (Å²) < 4.78 is 11.5. The molecule has 0 amide bonds. The van der Waals surface area contributed by atoms with Gasteiger partial charge in [-0.25, -0.2) is 0 Å². The standard InChI is InChI=1S/C23H17NO5S/c1-28-17-9-5-15(6-10-17)23-21(19-12-11-18(29-2)13-20(19)30-23)22(25)14-3-7-16(8-4-14)24(26)27/h3-13H,1-2H3. The minimum atomic E-state index is -0.483. The van der Waals surface area contributed by atoms with E-state index in [1.807, 2.05) is 42.5 Å². The Morgan fingerprint density at radius 1 is 0.900 bits per heavy atom. The smallest absolute Gasteiger partial charge is 0.269 e. The number of rotatable bonds is 6. The van der Waals surface area contributed by atoms with Crippen LogP contribution in [0.5, 0.6) is 11.5 Å². The van der Waals surface area contributed by atoms with E-state index in [4.69, 9.17) is 9.47 Å². The predicted molar refractivity (Wildman–Crippen MR) is 117 cm³/mol. The molecule has 0 aliphatic carbocycles. The maximum absolute atomic E-state index is 13.5. The van der Waals surface area contributed by atoms with E-state index in [1.165, 1.54) is 35.6 Å². The third-order valence-electron chi connectivity index (χ3n) is 4.82. The molecule has 0 N–H and O–H groups in total. The molecule has 0 fully saturated rings. The summed E-state index contributed by atoms with van der Waals surface area (Å²) in [7, 11) is 3.20. The van der Waals surface area contributed by atoms with Crippen molar-refractivity contribution in [2.24, 2.45) is 0 Å². The second kappa shape index (κ2) is 7.96. The fourth-order valence-corrected chi connectivity index (χ4v) is 4.49. The van der Waals surface area contributed by atoms with E-state index in [-0.39, 0.29) is 11.5 Å². The molecule has 30 heavy (non-hydrogen) atoms. The van der Waals surface area contributed by atoms with Gasteiger partial charge in [0, 0.05) is 38.2 Å². The lowest BCUT2D eigenvalue weighted by Crippen LogP contribution is -2.02. The van der Waals surface area contributed by atoms with Crippen molar-refractivity contribution < 1.29 is 19.2 Å². The fourth-order valence-electron chi connectivity index (χ4n) is 3.25. The van der Waals surface area contributed by atoms with E-state index in [0.29, 0.717) is 16.9 Å². The van der Waals surface area contributed by atoms with Crippen molar-refractivity contribution in [1.82, 2.24) is 0 Å². The molecule has 150 valence electrons. The lowest BCUT2D eigenvalue weighted by atomic mass is 9.97. The minimum absolute atomic E-state index is 0.0539. The highest BCUT2D eigenvalue weighted by Crippen LogP contribution is 2.41. The molecule has 0 saturated heterocycles. The monoisotopic (exact) mass is 419 g/mol. The number of ether oxygens (including phenoxy) is 2. The van der Waals surface area contributed by atoms with Crippen LogP contribution in [0.1, 0.15) is 15.9 Å². The molecule has 4 aromatic rings. The lowest BCUT2D eigenvalue weighted by Gasteiger charge is -2.06. The Hall–Kier alpha value is -3.71. The Bertz CT molecular complexity index is 1240. The topological polar surface area (TPSA) is 78.7 Å². The summed E-state index contributed by atoms with van der Waals surface area (Å²) in [5, 5.41) is 11.8. The summed E-state index contributed by atoms with van der Waals surface area (Å²) in [6.07, 6.45) is 0. The normalized spacial score (nSPS) is 10.7. The van der Waals surface area contributed by atoms with Crippen LogP contribution in [-0.2, 0) is 0 Å². The molecule has 0 aliphatic heterocycles. The third kappa shape index (κ3) is 3.51. The van der Waals surface area contributed by atoms with Crippen LogP contribution in [0.4, 0.5) is 5.69 Å². The zero-order valence-corrected chi connectivity index (χ0v) is 17.1. The minimum Gasteiger partial charge on any atom is -0.497 e. The second-order valence-corrected chi connectivity index (χ2v) is 7.58. The first-order chi connectivity index (χ1) is 14.5. The highest BCUT2D eigenvalue weighted by molar-refractivity contribution is 7.22. The number of fused-ring (bicyclic) bond motifs is 1. The number of nitro groups is 1. The number of hydrogen-bond acceptors (Lipinski definition) is 6. The molecule has 7 heteroatoms. The molecular formula is C23H17NO5S. The average Bonchev–Trinajstić information content (AvgIpc) is 3.17. The van der Waals surface area contributed by atoms with E-state index in [0.717, 1.165) is 26.3 Å². The Morgan fingerprint density at radius 2 is 1.53 bits per heavy atom. The Kier molecular flexibility index (Phi) is 5.20. The van der Waals surface area contributed by atoms with Crippen molar-refractivity contribution >= 4 is 32.9 Å². The molecule has 1 aromatic heterocycles. The van der Waals surface area contributed by atoms with Crippen molar-refractivity contribution in [1.29, 1.82) is 0 Å². The van der Waals surface area contributed by atoms with Crippen LogP contribution in [0.25, 0.3) is 20.5 Å². The first-order valence-electron chi connectivity index (χ1n) is 9.06. The first-order valence-corrected chi connectivity index (χ1v) is 9.87.